The summed E-state index contributed by atoms with van der Waals surface area (Å²) < 4.78 is 0. The van der Waals surface area contributed by atoms with Crippen molar-refractivity contribution in [2.24, 2.45) is 0 Å². The van der Waals surface area contributed by atoms with Crippen molar-refractivity contribution in [3.05, 3.63) is 0 Å². The van der Waals surface area contributed by atoms with E-state index >= 15 is 0 Å². The summed E-state index contributed by atoms with van der Waals surface area (Å²) in [5.41, 5.74) is 0. The summed E-state index contributed by atoms with van der Waals surface area (Å²) in [5, 5.41) is 39.8. The second-order valence-corrected chi connectivity index (χ2v) is 0.512. The molecule has 0 spiro atoms. The van der Waals surface area contributed by atoms with E-state index in [2.05, 4.69) is 0 Å². The molecule has 0 saturated carbocycles. The fourth-order valence-electron chi connectivity index (χ4n) is 0. The van der Waals surface area contributed by atoms with Crippen molar-refractivity contribution in [3.8, 4) is 12.1 Å². The molecular weight excluding hydrogens is 132 g/mol. The van der Waals surface area contributed by atoms with Gasteiger partial charge in [-0.2, -0.15) is 10.5 Å². The normalized spacial score (nSPS) is 3.36. The van der Waals surface area contributed by atoms with Crippen LogP contribution in [-0.2, 0) is 0 Å². The van der Waals surface area contributed by atoms with E-state index in [0.29, 0.717) is 0 Å². The van der Waals surface area contributed by atoms with Crippen molar-refractivity contribution in [2.75, 3.05) is 0 Å². The van der Waals surface area contributed by atoms with Crippen molar-refractivity contribution in [3.63, 3.8) is 0 Å². The third-order valence-electron chi connectivity index (χ3n) is 0.0500. The van der Waals surface area contributed by atoms with Gasteiger partial charge in [0, 0.05) is 0 Å². The first kappa shape index (κ1) is 29.8. The van der Waals surface area contributed by atoms with E-state index < -0.39 is 7.32 Å². The van der Waals surface area contributed by atoms with Gasteiger partial charge in [-0.15, -0.1) is 0 Å². The summed E-state index contributed by atoms with van der Waals surface area (Å²) >= 11 is 0. The number of hydrogen-bond acceptors (Lipinski definition) is 5. The third-order valence-corrected chi connectivity index (χ3v) is 0.0500. The van der Waals surface area contributed by atoms with Gasteiger partial charge in [-0.3, -0.25) is 7.32 Å². The zero-order chi connectivity index (χ0) is 6.99. The maximum absolute atomic E-state index is 8.42. The van der Waals surface area contributed by atoms with Crippen LogP contribution in [0.5, 0.6) is 0 Å². The molecule has 0 rings (SSSR count). The van der Waals surface area contributed by atoms with Gasteiger partial charge in [-0.25, -0.2) is 0 Å². The summed E-state index contributed by atoms with van der Waals surface area (Å²) in [4.78, 5) is 0. The van der Waals surface area contributed by atoms with Crippen LogP contribution in [0.25, 0.3) is 0 Å². The maximum atomic E-state index is 8.42. The predicted octanol–water partition coefficient (Wildman–Crippen LogP) is -12.9. The van der Waals surface area contributed by atoms with Crippen LogP contribution in [0.15, 0.2) is 0 Å². The van der Waals surface area contributed by atoms with Crippen LogP contribution < -0.4 is 71.7 Å². The van der Waals surface area contributed by atoms with Gasteiger partial charge >= 0.3 is 56.6 Å². The van der Waals surface area contributed by atoms with Gasteiger partial charge in [0.1, 0.15) is 0 Å². The topological polar surface area (TPSA) is 117 Å². The summed E-state index contributed by atoms with van der Waals surface area (Å²) in [7, 11) is -2.92. The Labute approximate surface area is 101 Å². The first-order chi connectivity index (χ1) is 3.65. The van der Waals surface area contributed by atoms with Gasteiger partial charge in [0.15, 0.2) is 12.1 Å². The average Bonchev–Trinajstić information content (AvgIpc) is 1.65. The molecule has 0 radical (unpaired) electrons. The molecule has 0 saturated heterocycles. The second kappa shape index (κ2) is 31.0. The predicted molar refractivity (Wildman–Crippen MR) is 17.0 cm³/mol. The maximum Gasteiger partial charge on any atom is 1.00 e. The molecule has 0 aliphatic carbocycles. The minimum absolute atomic E-state index is 0. The fourth-order valence-corrected chi connectivity index (χ4v) is 0. The van der Waals surface area contributed by atoms with E-state index in [1.165, 1.54) is 12.1 Å². The Kier molecular flexibility index (Phi) is 83.9. The van der Waals surface area contributed by atoms with Crippen molar-refractivity contribution >= 4 is 7.32 Å². The van der Waals surface area contributed by atoms with E-state index in [0.717, 1.165) is 0 Å². The zero-order valence-corrected chi connectivity index (χ0v) is 6.70. The summed E-state index contributed by atoms with van der Waals surface area (Å²) in [6.45, 7) is 0. The van der Waals surface area contributed by atoms with Crippen molar-refractivity contribution in [2.45, 2.75) is 0 Å². The molecule has 0 unspecified atom stereocenters. The van der Waals surface area contributed by atoms with Crippen molar-refractivity contribution in [1.29, 1.82) is 10.5 Å². The first-order valence-electron chi connectivity index (χ1n) is 1.40. The Hall–Kier alpha value is 0.717. The molecular formula is C2BLi3N2O3. The minimum atomic E-state index is -2.92. The zero-order valence-electron chi connectivity index (χ0n) is 6.70. The standard InChI is InChI=1S/C2N2.BO3.3Li/c3-1-2-4;2-1(3)4;;;/q;-3;3*+1. The Bertz CT molecular complexity index is 106. The number of nitriles is 2. The van der Waals surface area contributed by atoms with Crippen molar-refractivity contribution < 1.29 is 71.7 Å². The van der Waals surface area contributed by atoms with E-state index in [-0.39, 0.29) is 56.6 Å². The molecule has 9 heteroatoms. The van der Waals surface area contributed by atoms with Gasteiger partial charge < -0.3 is 15.1 Å². The molecule has 0 aromatic rings. The number of nitrogens with zero attached hydrogens (tertiary/aromatic N) is 2. The van der Waals surface area contributed by atoms with Crippen LogP contribution in [-0.4, -0.2) is 7.32 Å². The Morgan fingerprint density at radius 2 is 0.909 bits per heavy atom. The fraction of sp³-hybridized carbons (Fsp3) is 0. The first-order valence-corrected chi connectivity index (χ1v) is 1.40. The summed E-state index contributed by atoms with van der Waals surface area (Å²) in [5.74, 6) is 0. The molecule has 0 fully saturated rings. The molecule has 0 aromatic carbocycles. The van der Waals surface area contributed by atoms with Crippen molar-refractivity contribution in [1.82, 2.24) is 0 Å². The van der Waals surface area contributed by atoms with Gasteiger partial charge in [-0.05, 0) is 0 Å². The van der Waals surface area contributed by atoms with Gasteiger partial charge in [0.2, 0.25) is 0 Å². The molecule has 5 nitrogen and oxygen atoms in total. The Balaban J connectivity index is -0.0000000171. The molecule has 42 valence electrons. The van der Waals surface area contributed by atoms with E-state index in [1.54, 1.807) is 0 Å². The van der Waals surface area contributed by atoms with E-state index in [4.69, 9.17) is 25.6 Å². The quantitative estimate of drug-likeness (QED) is 0.303. The molecule has 0 aliphatic heterocycles. The van der Waals surface area contributed by atoms with E-state index in [9.17, 15) is 0 Å². The monoisotopic (exact) mass is 132 g/mol. The van der Waals surface area contributed by atoms with Crippen LogP contribution in [0.3, 0.4) is 0 Å². The van der Waals surface area contributed by atoms with Gasteiger partial charge in [0.25, 0.3) is 0 Å². The molecule has 0 aliphatic rings. The second-order valence-electron chi connectivity index (χ2n) is 0.512. The molecule has 0 atom stereocenters. The van der Waals surface area contributed by atoms with Crippen LogP contribution in [0.4, 0.5) is 0 Å². The Morgan fingerprint density at radius 3 is 0.909 bits per heavy atom. The molecule has 0 heterocycles. The molecule has 0 N–H and O–H groups in total. The average molecular weight is 132 g/mol. The summed E-state index contributed by atoms with van der Waals surface area (Å²) in [6, 6.07) is 2.47. The van der Waals surface area contributed by atoms with Crippen LogP contribution in [0.1, 0.15) is 0 Å². The van der Waals surface area contributed by atoms with Gasteiger partial charge in [-0.1, -0.05) is 0 Å². The largest absolute Gasteiger partial charge is 1.00 e. The smallest absolute Gasteiger partial charge is 0.907 e. The van der Waals surface area contributed by atoms with E-state index in [1.807, 2.05) is 0 Å². The molecule has 11 heavy (non-hydrogen) atoms. The molecule has 0 aromatic heterocycles. The summed E-state index contributed by atoms with van der Waals surface area (Å²) in [6.07, 6.45) is 0. The SMILES string of the molecule is N#CC#N.[Li+].[Li+].[Li+].[O-]B([O-])[O-]. The van der Waals surface area contributed by atoms with Crippen LogP contribution in [0, 0.1) is 22.7 Å². The minimum Gasteiger partial charge on any atom is -0.907 e. The number of rotatable bonds is 0. The number of hydrogen-bond donors (Lipinski definition) is 0. The Morgan fingerprint density at radius 1 is 0.818 bits per heavy atom. The third kappa shape index (κ3) is 276. The molecule has 0 amide bonds. The van der Waals surface area contributed by atoms with Crippen LogP contribution in [0.2, 0.25) is 0 Å². The van der Waals surface area contributed by atoms with Crippen LogP contribution >= 0.6 is 0 Å². The van der Waals surface area contributed by atoms with Gasteiger partial charge in [0.05, 0.1) is 0 Å². The molecule has 0 bridgehead atoms.